The zero-order chi connectivity index (χ0) is 17.6. The van der Waals surface area contributed by atoms with Crippen molar-refractivity contribution in [3.8, 4) is 0 Å². The van der Waals surface area contributed by atoms with Crippen LogP contribution >= 0.6 is 11.6 Å². The SMILES string of the molecule is O=C1CC(c2cccc(F)c2Cl)c2ccc(N3CCCC3=O)cc2N1. The van der Waals surface area contributed by atoms with Crippen LogP contribution in [0.4, 0.5) is 15.8 Å². The predicted octanol–water partition coefficient (Wildman–Crippen LogP) is 4.08. The van der Waals surface area contributed by atoms with Gasteiger partial charge in [-0.1, -0.05) is 29.8 Å². The Hall–Kier alpha value is -2.40. The number of benzene rings is 2. The number of carbonyl (C=O) groups excluding carboxylic acids is 2. The highest BCUT2D eigenvalue weighted by molar-refractivity contribution is 6.31. The highest BCUT2D eigenvalue weighted by atomic mass is 35.5. The number of fused-ring (bicyclic) bond motifs is 1. The van der Waals surface area contributed by atoms with Crippen molar-refractivity contribution in [2.24, 2.45) is 0 Å². The third kappa shape index (κ3) is 2.78. The van der Waals surface area contributed by atoms with Gasteiger partial charge in [0.05, 0.1) is 5.02 Å². The minimum atomic E-state index is -0.494. The maximum atomic E-state index is 13.8. The van der Waals surface area contributed by atoms with Crippen LogP contribution in [0.1, 0.15) is 36.3 Å². The molecule has 1 N–H and O–H groups in total. The molecular weight excluding hydrogens is 343 g/mol. The summed E-state index contributed by atoms with van der Waals surface area (Å²) >= 11 is 6.14. The minimum absolute atomic E-state index is 0.0481. The highest BCUT2D eigenvalue weighted by Crippen LogP contribution is 2.42. The topological polar surface area (TPSA) is 49.4 Å². The Balaban J connectivity index is 1.78. The third-order valence-corrected chi connectivity index (χ3v) is 5.22. The van der Waals surface area contributed by atoms with E-state index in [9.17, 15) is 14.0 Å². The molecule has 2 aliphatic heterocycles. The number of nitrogens with one attached hydrogen (secondary N) is 1. The van der Waals surface area contributed by atoms with Gasteiger partial charge in [-0.05, 0) is 35.7 Å². The second kappa shape index (κ2) is 6.15. The maximum absolute atomic E-state index is 13.8. The number of anilines is 2. The van der Waals surface area contributed by atoms with Crippen LogP contribution in [0.15, 0.2) is 36.4 Å². The molecule has 2 aliphatic rings. The van der Waals surface area contributed by atoms with Gasteiger partial charge in [0.25, 0.3) is 0 Å². The van der Waals surface area contributed by atoms with Crippen LogP contribution in [-0.4, -0.2) is 18.4 Å². The van der Waals surface area contributed by atoms with Gasteiger partial charge in [0, 0.05) is 36.7 Å². The Morgan fingerprint density at radius 2 is 2.00 bits per heavy atom. The van der Waals surface area contributed by atoms with E-state index in [1.54, 1.807) is 17.0 Å². The summed E-state index contributed by atoms with van der Waals surface area (Å²) in [6.45, 7) is 0.685. The van der Waals surface area contributed by atoms with Gasteiger partial charge in [-0.2, -0.15) is 0 Å². The standard InChI is InChI=1S/C19H16ClFN2O2/c20-19-13(3-1-4-15(19)21)14-10-17(24)22-16-9-11(6-7-12(14)16)23-8-2-5-18(23)25/h1,3-4,6-7,9,14H,2,5,8,10H2,(H,22,24). The first-order valence-corrected chi connectivity index (χ1v) is 8.60. The second-order valence-electron chi connectivity index (χ2n) is 6.37. The Bertz CT molecular complexity index is 884. The Labute approximate surface area is 149 Å². The van der Waals surface area contributed by atoms with Crippen LogP contribution in [0.5, 0.6) is 0 Å². The maximum Gasteiger partial charge on any atom is 0.227 e. The van der Waals surface area contributed by atoms with E-state index in [0.717, 1.165) is 17.7 Å². The summed E-state index contributed by atoms with van der Waals surface area (Å²) in [7, 11) is 0. The molecule has 2 amide bonds. The van der Waals surface area contributed by atoms with E-state index in [-0.39, 0.29) is 29.2 Å². The molecule has 4 rings (SSSR count). The molecule has 0 bridgehead atoms. The molecule has 2 aromatic rings. The molecule has 1 fully saturated rings. The van der Waals surface area contributed by atoms with Gasteiger partial charge in [-0.15, -0.1) is 0 Å². The molecule has 4 nitrogen and oxygen atoms in total. The molecule has 6 heteroatoms. The highest BCUT2D eigenvalue weighted by Gasteiger charge is 2.30. The molecule has 0 spiro atoms. The van der Waals surface area contributed by atoms with Gasteiger partial charge in [0.1, 0.15) is 5.82 Å². The lowest BCUT2D eigenvalue weighted by Gasteiger charge is -2.28. The Kier molecular flexibility index (Phi) is 3.96. The molecule has 0 radical (unpaired) electrons. The van der Waals surface area contributed by atoms with E-state index in [2.05, 4.69) is 5.32 Å². The van der Waals surface area contributed by atoms with Crippen molar-refractivity contribution in [2.45, 2.75) is 25.2 Å². The monoisotopic (exact) mass is 358 g/mol. The third-order valence-electron chi connectivity index (χ3n) is 4.82. The number of nitrogens with zero attached hydrogens (tertiary/aromatic N) is 1. The summed E-state index contributed by atoms with van der Waals surface area (Å²) in [5, 5.41) is 2.91. The van der Waals surface area contributed by atoms with E-state index in [1.165, 1.54) is 6.07 Å². The van der Waals surface area contributed by atoms with E-state index in [1.807, 2.05) is 18.2 Å². The average molecular weight is 359 g/mol. The summed E-state index contributed by atoms with van der Waals surface area (Å²) in [4.78, 5) is 25.9. The fourth-order valence-corrected chi connectivity index (χ4v) is 3.87. The number of rotatable bonds is 2. The van der Waals surface area contributed by atoms with E-state index >= 15 is 0 Å². The van der Waals surface area contributed by atoms with Gasteiger partial charge < -0.3 is 10.2 Å². The van der Waals surface area contributed by atoms with Crippen molar-refractivity contribution in [1.82, 2.24) is 0 Å². The lowest BCUT2D eigenvalue weighted by Crippen LogP contribution is -2.26. The van der Waals surface area contributed by atoms with Crippen molar-refractivity contribution >= 4 is 34.8 Å². The number of hydrogen-bond acceptors (Lipinski definition) is 2. The van der Waals surface area contributed by atoms with Crippen LogP contribution in [0.3, 0.4) is 0 Å². The van der Waals surface area contributed by atoms with Gasteiger partial charge in [0.15, 0.2) is 0 Å². The number of carbonyl (C=O) groups is 2. The smallest absolute Gasteiger partial charge is 0.227 e. The largest absolute Gasteiger partial charge is 0.326 e. The van der Waals surface area contributed by atoms with Gasteiger partial charge >= 0.3 is 0 Å². The van der Waals surface area contributed by atoms with Crippen molar-refractivity contribution < 1.29 is 14.0 Å². The van der Waals surface area contributed by atoms with Crippen LogP contribution in [0.2, 0.25) is 5.02 Å². The molecule has 0 aromatic heterocycles. The number of amides is 2. The van der Waals surface area contributed by atoms with Crippen LogP contribution in [0.25, 0.3) is 0 Å². The van der Waals surface area contributed by atoms with Gasteiger partial charge in [-0.25, -0.2) is 4.39 Å². The molecule has 0 saturated carbocycles. The molecule has 1 unspecified atom stereocenters. The fourth-order valence-electron chi connectivity index (χ4n) is 3.61. The minimum Gasteiger partial charge on any atom is -0.326 e. The lowest BCUT2D eigenvalue weighted by molar-refractivity contribution is -0.117. The van der Waals surface area contributed by atoms with Crippen molar-refractivity contribution in [3.63, 3.8) is 0 Å². The van der Waals surface area contributed by atoms with E-state index in [0.29, 0.717) is 24.2 Å². The van der Waals surface area contributed by atoms with Crippen LogP contribution in [-0.2, 0) is 9.59 Å². The van der Waals surface area contributed by atoms with E-state index < -0.39 is 5.82 Å². The van der Waals surface area contributed by atoms with Crippen molar-refractivity contribution in [2.75, 3.05) is 16.8 Å². The zero-order valence-electron chi connectivity index (χ0n) is 13.4. The molecule has 2 aromatic carbocycles. The quantitative estimate of drug-likeness (QED) is 0.879. The van der Waals surface area contributed by atoms with Gasteiger partial charge in [-0.3, -0.25) is 9.59 Å². The average Bonchev–Trinajstić information content (AvgIpc) is 3.02. The normalized spacial score (nSPS) is 19.8. The van der Waals surface area contributed by atoms with Crippen LogP contribution in [0, 0.1) is 5.82 Å². The summed E-state index contributed by atoms with van der Waals surface area (Å²) < 4.78 is 13.8. The molecular formula is C19H16ClFN2O2. The Morgan fingerprint density at radius 1 is 1.16 bits per heavy atom. The number of halogens is 2. The molecule has 128 valence electrons. The first kappa shape index (κ1) is 16.1. The fraction of sp³-hybridized carbons (Fsp3) is 0.263. The van der Waals surface area contributed by atoms with Crippen LogP contribution < -0.4 is 10.2 Å². The molecule has 1 atom stereocenters. The van der Waals surface area contributed by atoms with Crippen molar-refractivity contribution in [3.05, 3.63) is 58.4 Å². The zero-order valence-corrected chi connectivity index (χ0v) is 14.1. The van der Waals surface area contributed by atoms with Crippen molar-refractivity contribution in [1.29, 1.82) is 0 Å². The first-order valence-electron chi connectivity index (χ1n) is 8.22. The molecule has 0 aliphatic carbocycles. The summed E-state index contributed by atoms with van der Waals surface area (Å²) in [6.07, 6.45) is 1.59. The van der Waals surface area contributed by atoms with Gasteiger partial charge in [0.2, 0.25) is 11.8 Å². The Morgan fingerprint density at radius 3 is 2.76 bits per heavy atom. The molecule has 25 heavy (non-hydrogen) atoms. The number of hydrogen-bond donors (Lipinski definition) is 1. The predicted molar refractivity (Wildman–Crippen MR) is 94.5 cm³/mol. The lowest BCUT2D eigenvalue weighted by atomic mass is 9.84. The van der Waals surface area contributed by atoms with E-state index in [4.69, 9.17) is 11.6 Å². The summed E-state index contributed by atoms with van der Waals surface area (Å²) in [5.74, 6) is -0.865. The molecule has 2 heterocycles. The summed E-state index contributed by atoms with van der Waals surface area (Å²) in [6, 6.07) is 10.2. The molecule has 1 saturated heterocycles. The second-order valence-corrected chi connectivity index (χ2v) is 6.75. The summed E-state index contributed by atoms with van der Waals surface area (Å²) in [5.41, 5.74) is 2.90. The first-order chi connectivity index (χ1) is 12.0.